The molecule has 0 saturated carbocycles. The molecule has 0 saturated heterocycles. The van der Waals surface area contributed by atoms with Gasteiger partial charge in [-0.05, 0) is 43.0 Å². The van der Waals surface area contributed by atoms with E-state index in [-0.39, 0.29) is 10.8 Å². The molecule has 146 valence electrons. The van der Waals surface area contributed by atoms with Crippen LogP contribution in [0.15, 0.2) is 59.5 Å². The Labute approximate surface area is 162 Å². The molecule has 0 bridgehead atoms. The monoisotopic (exact) mass is 388 g/mol. The maximum Gasteiger partial charge on any atom is 0.251 e. The molecule has 2 aromatic carbocycles. The Bertz CT molecular complexity index is 830. The van der Waals surface area contributed by atoms with E-state index in [0.29, 0.717) is 25.2 Å². The third-order valence-corrected chi connectivity index (χ3v) is 6.12. The highest BCUT2D eigenvalue weighted by molar-refractivity contribution is 7.89. The third-order valence-electron chi connectivity index (χ3n) is 4.22. The second-order valence-corrected chi connectivity index (χ2v) is 8.36. The molecular formula is C21H28N2O3S. The minimum atomic E-state index is -3.59. The molecule has 0 fully saturated rings. The Morgan fingerprint density at radius 2 is 1.63 bits per heavy atom. The quantitative estimate of drug-likeness (QED) is 0.678. The number of nitrogens with one attached hydrogen (secondary N) is 1. The summed E-state index contributed by atoms with van der Waals surface area (Å²) < 4.78 is 27.2. The molecule has 27 heavy (non-hydrogen) atoms. The van der Waals surface area contributed by atoms with E-state index in [2.05, 4.69) is 5.32 Å². The molecule has 1 amide bonds. The Balaban J connectivity index is 2.07. The number of nitrogens with zero attached hydrogens (tertiary/aromatic N) is 1. The van der Waals surface area contributed by atoms with Crippen LogP contribution in [0.25, 0.3) is 0 Å². The molecule has 5 nitrogen and oxygen atoms in total. The van der Waals surface area contributed by atoms with Gasteiger partial charge in [-0.25, -0.2) is 8.42 Å². The average Bonchev–Trinajstić information content (AvgIpc) is 2.68. The van der Waals surface area contributed by atoms with Crippen molar-refractivity contribution >= 4 is 15.9 Å². The van der Waals surface area contributed by atoms with Crippen LogP contribution in [0.5, 0.6) is 0 Å². The number of carbonyl (C=O) groups is 1. The zero-order valence-corrected chi connectivity index (χ0v) is 16.8. The summed E-state index contributed by atoms with van der Waals surface area (Å²) in [5.74, 6) is -0.263. The van der Waals surface area contributed by atoms with Crippen molar-refractivity contribution in [3.63, 3.8) is 0 Å². The van der Waals surface area contributed by atoms with Gasteiger partial charge in [0, 0.05) is 25.2 Å². The summed E-state index contributed by atoms with van der Waals surface area (Å²) in [6.45, 7) is 5.36. The van der Waals surface area contributed by atoms with Crippen molar-refractivity contribution in [1.82, 2.24) is 9.62 Å². The number of sulfonamides is 1. The van der Waals surface area contributed by atoms with Crippen LogP contribution in [0.1, 0.15) is 42.6 Å². The summed E-state index contributed by atoms with van der Waals surface area (Å²) in [6, 6.07) is 16.2. The normalized spacial score (nSPS) is 11.5. The molecule has 2 aromatic rings. The zero-order valence-electron chi connectivity index (χ0n) is 16.0. The van der Waals surface area contributed by atoms with Gasteiger partial charge in [-0.2, -0.15) is 4.31 Å². The summed E-state index contributed by atoms with van der Waals surface area (Å²) >= 11 is 0. The second kappa shape index (κ2) is 10.2. The van der Waals surface area contributed by atoms with Crippen LogP contribution in [-0.2, 0) is 16.4 Å². The number of hydrogen-bond donors (Lipinski definition) is 1. The third kappa shape index (κ3) is 5.91. The van der Waals surface area contributed by atoms with Crippen molar-refractivity contribution in [1.29, 1.82) is 0 Å². The lowest BCUT2D eigenvalue weighted by atomic mass is 10.1. The molecule has 0 spiro atoms. The van der Waals surface area contributed by atoms with E-state index >= 15 is 0 Å². The van der Waals surface area contributed by atoms with Crippen LogP contribution < -0.4 is 5.32 Å². The zero-order chi connectivity index (χ0) is 19.7. The predicted molar refractivity (Wildman–Crippen MR) is 108 cm³/mol. The van der Waals surface area contributed by atoms with Gasteiger partial charge in [0.2, 0.25) is 10.0 Å². The van der Waals surface area contributed by atoms with Crippen molar-refractivity contribution in [3.8, 4) is 0 Å². The van der Waals surface area contributed by atoms with Gasteiger partial charge in [0.15, 0.2) is 0 Å². The SMILES string of the molecule is CCCN(CCC)S(=O)(=O)c1cccc(C(=O)NCCc2ccccc2)c1. The molecule has 0 radical (unpaired) electrons. The van der Waals surface area contributed by atoms with Crippen molar-refractivity contribution in [3.05, 3.63) is 65.7 Å². The predicted octanol–water partition coefficient (Wildman–Crippen LogP) is 3.47. The Kier molecular flexibility index (Phi) is 8.00. The first-order valence-electron chi connectivity index (χ1n) is 9.41. The van der Waals surface area contributed by atoms with Gasteiger partial charge in [0.1, 0.15) is 0 Å². The smallest absolute Gasteiger partial charge is 0.251 e. The van der Waals surface area contributed by atoms with Crippen molar-refractivity contribution < 1.29 is 13.2 Å². The molecule has 6 heteroatoms. The lowest BCUT2D eigenvalue weighted by molar-refractivity contribution is 0.0954. The molecular weight excluding hydrogens is 360 g/mol. The van der Waals surface area contributed by atoms with Gasteiger partial charge in [0.05, 0.1) is 4.90 Å². The molecule has 2 rings (SSSR count). The van der Waals surface area contributed by atoms with E-state index in [1.54, 1.807) is 18.2 Å². The molecule has 0 unspecified atom stereocenters. The summed E-state index contributed by atoms with van der Waals surface area (Å²) in [5.41, 5.74) is 1.50. The minimum Gasteiger partial charge on any atom is -0.352 e. The number of rotatable bonds is 10. The molecule has 0 aromatic heterocycles. The average molecular weight is 389 g/mol. The topological polar surface area (TPSA) is 66.5 Å². The lowest BCUT2D eigenvalue weighted by Gasteiger charge is -2.21. The number of amides is 1. The molecule has 0 aliphatic heterocycles. The number of benzene rings is 2. The summed E-state index contributed by atoms with van der Waals surface area (Å²) in [7, 11) is -3.59. The van der Waals surface area contributed by atoms with Gasteiger partial charge in [-0.1, -0.05) is 50.2 Å². The van der Waals surface area contributed by atoms with E-state index < -0.39 is 10.0 Å². The van der Waals surface area contributed by atoms with Crippen LogP contribution in [0, 0.1) is 0 Å². The number of hydrogen-bond acceptors (Lipinski definition) is 3. The van der Waals surface area contributed by atoms with E-state index in [0.717, 1.165) is 24.8 Å². The van der Waals surface area contributed by atoms with E-state index in [4.69, 9.17) is 0 Å². The van der Waals surface area contributed by atoms with E-state index in [9.17, 15) is 13.2 Å². The lowest BCUT2D eigenvalue weighted by Crippen LogP contribution is -2.33. The van der Waals surface area contributed by atoms with Gasteiger partial charge >= 0.3 is 0 Å². The van der Waals surface area contributed by atoms with Gasteiger partial charge in [-0.3, -0.25) is 4.79 Å². The van der Waals surface area contributed by atoms with Crippen LogP contribution in [0.3, 0.4) is 0 Å². The van der Waals surface area contributed by atoms with E-state index in [1.165, 1.54) is 10.4 Å². The summed E-state index contributed by atoms with van der Waals surface area (Å²) in [5, 5.41) is 2.86. The highest BCUT2D eigenvalue weighted by Gasteiger charge is 2.23. The maximum atomic E-state index is 12.9. The van der Waals surface area contributed by atoms with Crippen molar-refractivity contribution in [2.45, 2.75) is 38.0 Å². The fourth-order valence-electron chi connectivity index (χ4n) is 2.86. The second-order valence-electron chi connectivity index (χ2n) is 6.42. The standard InChI is InChI=1S/C21H28N2O3S/c1-3-15-23(16-4-2)27(25,26)20-12-8-11-19(17-20)21(24)22-14-13-18-9-6-5-7-10-18/h5-12,17H,3-4,13-16H2,1-2H3,(H,22,24). The molecule has 1 N–H and O–H groups in total. The first-order valence-corrected chi connectivity index (χ1v) is 10.9. The van der Waals surface area contributed by atoms with Crippen LogP contribution in [0.4, 0.5) is 0 Å². The van der Waals surface area contributed by atoms with Crippen LogP contribution >= 0.6 is 0 Å². The molecule has 0 heterocycles. The van der Waals surface area contributed by atoms with E-state index in [1.807, 2.05) is 44.2 Å². The maximum absolute atomic E-state index is 12.9. The number of carbonyl (C=O) groups excluding carboxylic acids is 1. The minimum absolute atomic E-state index is 0.167. The molecule has 0 atom stereocenters. The largest absolute Gasteiger partial charge is 0.352 e. The van der Waals surface area contributed by atoms with Gasteiger partial charge < -0.3 is 5.32 Å². The first kappa shape index (κ1) is 21.1. The van der Waals surface area contributed by atoms with Crippen LogP contribution in [-0.4, -0.2) is 38.3 Å². The fourth-order valence-corrected chi connectivity index (χ4v) is 4.54. The first-order chi connectivity index (χ1) is 13.0. The van der Waals surface area contributed by atoms with Crippen molar-refractivity contribution in [2.24, 2.45) is 0 Å². The summed E-state index contributed by atoms with van der Waals surface area (Å²) in [4.78, 5) is 12.6. The fraction of sp³-hybridized carbons (Fsp3) is 0.381. The molecule has 0 aliphatic rings. The highest BCUT2D eigenvalue weighted by Crippen LogP contribution is 2.18. The highest BCUT2D eigenvalue weighted by atomic mass is 32.2. The van der Waals surface area contributed by atoms with Crippen molar-refractivity contribution in [2.75, 3.05) is 19.6 Å². The Morgan fingerprint density at radius 1 is 0.963 bits per heavy atom. The summed E-state index contributed by atoms with van der Waals surface area (Å²) in [6.07, 6.45) is 2.23. The van der Waals surface area contributed by atoms with Crippen LogP contribution in [0.2, 0.25) is 0 Å². The Morgan fingerprint density at radius 3 is 2.26 bits per heavy atom. The molecule has 0 aliphatic carbocycles. The van der Waals surface area contributed by atoms with Gasteiger partial charge in [0.25, 0.3) is 5.91 Å². The Hall–Kier alpha value is -2.18. The van der Waals surface area contributed by atoms with Gasteiger partial charge in [-0.15, -0.1) is 0 Å².